The van der Waals surface area contributed by atoms with E-state index < -0.39 is 5.97 Å². The van der Waals surface area contributed by atoms with Crippen LogP contribution in [0.4, 0.5) is 0 Å². The van der Waals surface area contributed by atoms with E-state index in [0.717, 1.165) is 19.4 Å². The molecule has 14 heavy (non-hydrogen) atoms. The number of hydrogen-bond donors (Lipinski definition) is 1. The maximum atomic E-state index is 10.9. The minimum atomic E-state index is -0.830. The van der Waals surface area contributed by atoms with Gasteiger partial charge in [0.15, 0.2) is 0 Å². The Balaban J connectivity index is 1.97. The van der Waals surface area contributed by atoms with Gasteiger partial charge >= 0.3 is 0 Å². The zero-order chi connectivity index (χ0) is 9.97. The molecule has 1 aliphatic carbocycles. The van der Waals surface area contributed by atoms with E-state index in [9.17, 15) is 9.90 Å². The van der Waals surface area contributed by atoms with Crippen LogP contribution in [-0.2, 0) is 4.79 Å². The average molecular weight is 197 g/mol. The van der Waals surface area contributed by atoms with Gasteiger partial charge in [0, 0.05) is 12.8 Å². The lowest BCUT2D eigenvalue weighted by molar-refractivity contribution is -0.932. The summed E-state index contributed by atoms with van der Waals surface area (Å²) in [7, 11) is 0. The number of nitrogens with one attached hydrogen (secondary N) is 1. The number of carboxylic acids is 1. The summed E-state index contributed by atoms with van der Waals surface area (Å²) < 4.78 is 0. The van der Waals surface area contributed by atoms with Crippen molar-refractivity contribution in [2.24, 2.45) is 0 Å². The number of likely N-dealkylation sites (tertiary alicyclic amines) is 1. The van der Waals surface area contributed by atoms with E-state index >= 15 is 0 Å². The van der Waals surface area contributed by atoms with Crippen molar-refractivity contribution in [1.82, 2.24) is 0 Å². The van der Waals surface area contributed by atoms with E-state index in [1.165, 1.54) is 37.0 Å². The lowest BCUT2D eigenvalue weighted by Crippen LogP contribution is -3.18. The Hall–Kier alpha value is -0.570. The van der Waals surface area contributed by atoms with Gasteiger partial charge in [-0.15, -0.1) is 0 Å². The van der Waals surface area contributed by atoms with E-state index in [4.69, 9.17) is 0 Å². The first-order valence-corrected chi connectivity index (χ1v) is 5.85. The van der Waals surface area contributed by atoms with Gasteiger partial charge in [0.2, 0.25) is 0 Å². The van der Waals surface area contributed by atoms with E-state index in [-0.39, 0.29) is 6.04 Å². The Bertz CT molecular complexity index is 211. The third kappa shape index (κ3) is 1.92. The third-order valence-corrected chi connectivity index (χ3v) is 3.82. The Labute approximate surface area is 85.1 Å². The summed E-state index contributed by atoms with van der Waals surface area (Å²) in [5, 5.41) is 10.9. The number of carbonyl (C=O) groups excluding carboxylic acids is 1. The molecule has 0 aromatic heterocycles. The molecule has 3 nitrogen and oxygen atoms in total. The zero-order valence-electron chi connectivity index (χ0n) is 8.63. The summed E-state index contributed by atoms with van der Waals surface area (Å²) in [5.74, 6) is -0.830. The highest BCUT2D eigenvalue weighted by atomic mass is 16.4. The highest BCUT2D eigenvalue weighted by Gasteiger charge is 2.35. The molecule has 2 atom stereocenters. The van der Waals surface area contributed by atoms with Crippen molar-refractivity contribution >= 4 is 5.97 Å². The molecule has 1 unspecified atom stereocenters. The molecule has 1 aliphatic heterocycles. The minimum Gasteiger partial charge on any atom is -0.544 e. The van der Waals surface area contributed by atoms with Crippen molar-refractivity contribution in [3.8, 4) is 0 Å². The van der Waals surface area contributed by atoms with Crippen molar-refractivity contribution in [2.45, 2.75) is 57.0 Å². The first-order valence-electron chi connectivity index (χ1n) is 5.85. The second kappa shape index (κ2) is 4.30. The Morgan fingerprint density at radius 2 is 1.79 bits per heavy atom. The van der Waals surface area contributed by atoms with Gasteiger partial charge in [0.05, 0.1) is 18.6 Å². The summed E-state index contributed by atoms with van der Waals surface area (Å²) in [6.45, 7) is 1.04. The van der Waals surface area contributed by atoms with Crippen LogP contribution in [-0.4, -0.2) is 24.6 Å². The molecule has 1 heterocycles. The van der Waals surface area contributed by atoms with Crippen molar-refractivity contribution in [2.75, 3.05) is 6.54 Å². The van der Waals surface area contributed by atoms with Crippen LogP contribution in [0.15, 0.2) is 0 Å². The third-order valence-electron chi connectivity index (χ3n) is 3.82. The molecule has 0 aromatic carbocycles. The van der Waals surface area contributed by atoms with Gasteiger partial charge in [-0.2, -0.15) is 0 Å². The first-order chi connectivity index (χ1) is 6.79. The molecule has 0 aromatic rings. The Kier molecular flexibility index (Phi) is 3.06. The lowest BCUT2D eigenvalue weighted by atomic mass is 9.94. The van der Waals surface area contributed by atoms with Gasteiger partial charge in [-0.25, -0.2) is 0 Å². The Morgan fingerprint density at radius 3 is 2.43 bits per heavy atom. The molecular weight excluding hydrogens is 178 g/mol. The molecule has 3 heteroatoms. The minimum absolute atomic E-state index is 0.210. The summed E-state index contributed by atoms with van der Waals surface area (Å²) >= 11 is 0. The second-order valence-corrected chi connectivity index (χ2v) is 4.67. The molecule has 2 rings (SSSR count). The summed E-state index contributed by atoms with van der Waals surface area (Å²) in [6.07, 6.45) is 8.23. The van der Waals surface area contributed by atoms with Crippen LogP contribution in [0, 0.1) is 0 Å². The molecule has 2 aliphatic rings. The van der Waals surface area contributed by atoms with Crippen molar-refractivity contribution < 1.29 is 14.8 Å². The average Bonchev–Trinajstić information content (AvgIpc) is 2.67. The smallest absolute Gasteiger partial charge is 0.128 e. The molecule has 0 bridgehead atoms. The number of hydrogen-bond acceptors (Lipinski definition) is 2. The molecule has 1 N–H and O–H groups in total. The highest BCUT2D eigenvalue weighted by Crippen LogP contribution is 2.17. The van der Waals surface area contributed by atoms with Crippen molar-refractivity contribution in [1.29, 1.82) is 0 Å². The van der Waals surface area contributed by atoms with Gasteiger partial charge in [-0.1, -0.05) is 6.42 Å². The highest BCUT2D eigenvalue weighted by molar-refractivity contribution is 5.69. The first kappa shape index (κ1) is 9.97. The van der Waals surface area contributed by atoms with Gasteiger partial charge in [0.1, 0.15) is 6.04 Å². The van der Waals surface area contributed by atoms with Crippen LogP contribution in [0.25, 0.3) is 0 Å². The van der Waals surface area contributed by atoms with Crippen LogP contribution < -0.4 is 10.0 Å². The van der Waals surface area contributed by atoms with Crippen molar-refractivity contribution in [3.05, 3.63) is 0 Å². The monoisotopic (exact) mass is 197 g/mol. The number of aliphatic carboxylic acids is 1. The van der Waals surface area contributed by atoms with Gasteiger partial charge < -0.3 is 14.8 Å². The van der Waals surface area contributed by atoms with Crippen LogP contribution in [0.5, 0.6) is 0 Å². The molecule has 2 fully saturated rings. The summed E-state index contributed by atoms with van der Waals surface area (Å²) in [5.41, 5.74) is 0. The zero-order valence-corrected chi connectivity index (χ0v) is 8.63. The van der Waals surface area contributed by atoms with Crippen LogP contribution in [0.3, 0.4) is 0 Å². The van der Waals surface area contributed by atoms with Crippen LogP contribution in [0.2, 0.25) is 0 Å². The fourth-order valence-electron chi connectivity index (χ4n) is 3.10. The molecule has 0 radical (unpaired) electrons. The molecule has 1 saturated heterocycles. The summed E-state index contributed by atoms with van der Waals surface area (Å²) in [6, 6.07) is 0.396. The fourth-order valence-corrected chi connectivity index (χ4v) is 3.10. The SMILES string of the molecule is O=C([O-])[C@H]1CCC[NH+]1C1CCCCC1. The lowest BCUT2D eigenvalue weighted by Gasteiger charge is -2.32. The molecule has 1 saturated carbocycles. The maximum absolute atomic E-state index is 10.9. The van der Waals surface area contributed by atoms with Gasteiger partial charge in [-0.3, -0.25) is 0 Å². The number of carbonyl (C=O) groups is 1. The molecule has 0 spiro atoms. The predicted molar refractivity (Wildman–Crippen MR) is 50.7 cm³/mol. The predicted octanol–water partition coefficient (Wildman–Crippen LogP) is -0.884. The quantitative estimate of drug-likeness (QED) is 0.624. The Morgan fingerprint density at radius 1 is 1.07 bits per heavy atom. The van der Waals surface area contributed by atoms with Gasteiger partial charge in [0.25, 0.3) is 0 Å². The van der Waals surface area contributed by atoms with E-state index in [2.05, 4.69) is 0 Å². The standard InChI is InChI=1S/C11H19NO2/c13-11(14)10-7-4-8-12(10)9-5-2-1-3-6-9/h9-10H,1-8H2,(H,13,14)/t10-/m1/s1. The van der Waals surface area contributed by atoms with Gasteiger partial charge in [-0.05, 0) is 25.7 Å². The number of rotatable bonds is 2. The van der Waals surface area contributed by atoms with Crippen LogP contribution in [0.1, 0.15) is 44.9 Å². The molecular formula is C11H19NO2. The largest absolute Gasteiger partial charge is 0.544 e. The fraction of sp³-hybridized carbons (Fsp3) is 0.909. The van der Waals surface area contributed by atoms with E-state index in [0.29, 0.717) is 6.04 Å². The van der Waals surface area contributed by atoms with Crippen molar-refractivity contribution in [3.63, 3.8) is 0 Å². The second-order valence-electron chi connectivity index (χ2n) is 4.67. The maximum Gasteiger partial charge on any atom is 0.128 e. The summed E-state index contributed by atoms with van der Waals surface area (Å²) in [4.78, 5) is 12.2. The van der Waals surface area contributed by atoms with E-state index in [1.807, 2.05) is 0 Å². The number of carboxylic acid groups (broad SMARTS) is 1. The molecule has 0 amide bonds. The normalized spacial score (nSPS) is 34.6. The number of quaternary nitrogens is 1. The topological polar surface area (TPSA) is 44.6 Å². The molecule has 80 valence electrons. The van der Waals surface area contributed by atoms with Crippen LogP contribution >= 0.6 is 0 Å². The van der Waals surface area contributed by atoms with E-state index in [1.54, 1.807) is 0 Å².